The lowest BCUT2D eigenvalue weighted by atomic mass is 10.0. The fourth-order valence-corrected chi connectivity index (χ4v) is 3.10. The van der Waals surface area contributed by atoms with Gasteiger partial charge in [0.05, 0.1) is 6.10 Å². The third-order valence-electron chi connectivity index (χ3n) is 4.58. The summed E-state index contributed by atoms with van der Waals surface area (Å²) in [6.07, 6.45) is 8.33. The second-order valence-electron chi connectivity index (χ2n) is 6.21. The first-order chi connectivity index (χ1) is 9.33. The quantitative estimate of drug-likeness (QED) is 0.813. The van der Waals surface area contributed by atoms with Crippen molar-refractivity contribution in [3.63, 3.8) is 0 Å². The van der Waals surface area contributed by atoms with Crippen LogP contribution in [0.1, 0.15) is 62.0 Å². The summed E-state index contributed by atoms with van der Waals surface area (Å²) in [5, 5.41) is 13.6. The highest BCUT2D eigenvalue weighted by Crippen LogP contribution is 2.39. The average molecular weight is 259 g/mol. The van der Waals surface area contributed by atoms with Crippen LogP contribution in [0.2, 0.25) is 0 Å². The van der Waals surface area contributed by atoms with Crippen molar-refractivity contribution >= 4 is 0 Å². The van der Waals surface area contributed by atoms with E-state index in [-0.39, 0.29) is 12.1 Å². The van der Waals surface area contributed by atoms with Gasteiger partial charge in [0.25, 0.3) is 0 Å². The molecule has 2 saturated carbocycles. The molecule has 2 aliphatic rings. The smallest absolute Gasteiger partial charge is 0.0693 e. The van der Waals surface area contributed by atoms with Gasteiger partial charge in [0.15, 0.2) is 0 Å². The molecule has 2 atom stereocenters. The van der Waals surface area contributed by atoms with E-state index < -0.39 is 0 Å². The summed E-state index contributed by atoms with van der Waals surface area (Å²) in [6, 6.07) is 9.31. The zero-order valence-electron chi connectivity index (χ0n) is 11.6. The Morgan fingerprint density at radius 1 is 0.947 bits per heavy atom. The average Bonchev–Trinajstić information content (AvgIpc) is 3.26. The molecular weight excluding hydrogens is 234 g/mol. The summed E-state index contributed by atoms with van der Waals surface area (Å²) in [6.45, 7) is 0.882. The first-order valence-corrected chi connectivity index (χ1v) is 7.83. The third-order valence-corrected chi connectivity index (χ3v) is 4.58. The van der Waals surface area contributed by atoms with Gasteiger partial charge in [-0.25, -0.2) is 0 Å². The summed E-state index contributed by atoms with van der Waals surface area (Å²) >= 11 is 0. The highest BCUT2D eigenvalue weighted by molar-refractivity contribution is 5.28. The predicted molar refractivity (Wildman–Crippen MR) is 78.1 cm³/mol. The Kier molecular flexibility index (Phi) is 4.19. The maximum atomic E-state index is 10.1. The van der Waals surface area contributed by atoms with Crippen LogP contribution < -0.4 is 5.32 Å². The fraction of sp³-hybridized carbons (Fsp3) is 0.647. The molecule has 2 fully saturated rings. The molecule has 0 radical (unpaired) electrons. The molecule has 0 aliphatic heterocycles. The van der Waals surface area contributed by atoms with Crippen LogP contribution in [0.4, 0.5) is 0 Å². The Balaban J connectivity index is 1.52. The molecule has 3 rings (SSSR count). The molecular formula is C17H25NO. The molecule has 2 aliphatic carbocycles. The van der Waals surface area contributed by atoms with Crippen LogP contribution in [0.15, 0.2) is 24.3 Å². The topological polar surface area (TPSA) is 32.3 Å². The number of aliphatic hydroxyl groups is 1. The molecule has 104 valence electrons. The summed E-state index contributed by atoms with van der Waals surface area (Å²) in [7, 11) is 0. The van der Waals surface area contributed by atoms with E-state index in [0.717, 1.165) is 25.3 Å². The van der Waals surface area contributed by atoms with Crippen LogP contribution in [0, 0.1) is 0 Å². The van der Waals surface area contributed by atoms with Crippen LogP contribution in [-0.2, 0) is 6.54 Å². The Labute approximate surface area is 116 Å². The molecule has 2 unspecified atom stereocenters. The van der Waals surface area contributed by atoms with Gasteiger partial charge in [-0.1, -0.05) is 43.5 Å². The minimum atomic E-state index is -0.159. The van der Waals surface area contributed by atoms with Crippen LogP contribution in [0.3, 0.4) is 0 Å². The van der Waals surface area contributed by atoms with E-state index in [4.69, 9.17) is 0 Å². The van der Waals surface area contributed by atoms with Crippen LogP contribution in [0.5, 0.6) is 0 Å². The molecule has 2 N–H and O–H groups in total. The second kappa shape index (κ2) is 6.06. The van der Waals surface area contributed by atoms with Crippen molar-refractivity contribution in [3.05, 3.63) is 35.4 Å². The lowest BCUT2D eigenvalue weighted by Crippen LogP contribution is -2.38. The van der Waals surface area contributed by atoms with E-state index in [1.807, 2.05) is 0 Å². The highest BCUT2D eigenvalue weighted by atomic mass is 16.3. The lowest BCUT2D eigenvalue weighted by molar-refractivity contribution is 0.119. The zero-order valence-corrected chi connectivity index (χ0v) is 11.6. The van der Waals surface area contributed by atoms with Crippen molar-refractivity contribution < 1.29 is 5.11 Å². The first kappa shape index (κ1) is 13.1. The van der Waals surface area contributed by atoms with E-state index in [1.165, 1.54) is 43.2 Å². The van der Waals surface area contributed by atoms with Gasteiger partial charge in [0.2, 0.25) is 0 Å². The molecule has 1 aromatic rings. The van der Waals surface area contributed by atoms with Crippen LogP contribution in [-0.4, -0.2) is 17.3 Å². The largest absolute Gasteiger partial charge is 0.392 e. The number of hydrogen-bond acceptors (Lipinski definition) is 2. The molecule has 0 heterocycles. The Morgan fingerprint density at radius 3 is 2.42 bits per heavy atom. The van der Waals surface area contributed by atoms with Crippen molar-refractivity contribution in [2.24, 2.45) is 0 Å². The number of hydrogen-bond donors (Lipinski definition) is 2. The number of nitrogens with one attached hydrogen (secondary N) is 1. The lowest BCUT2D eigenvalue weighted by Gasteiger charge is -2.21. The molecule has 0 bridgehead atoms. The van der Waals surface area contributed by atoms with E-state index in [2.05, 4.69) is 29.6 Å². The molecule has 0 spiro atoms. The third kappa shape index (κ3) is 3.58. The molecule has 2 nitrogen and oxygen atoms in total. The summed E-state index contributed by atoms with van der Waals surface area (Å²) < 4.78 is 0. The van der Waals surface area contributed by atoms with Gasteiger partial charge in [-0.15, -0.1) is 0 Å². The number of aliphatic hydroxyl groups excluding tert-OH is 1. The number of benzene rings is 1. The van der Waals surface area contributed by atoms with Crippen molar-refractivity contribution in [3.8, 4) is 0 Å². The Hall–Kier alpha value is -0.860. The van der Waals surface area contributed by atoms with E-state index >= 15 is 0 Å². The van der Waals surface area contributed by atoms with Gasteiger partial charge in [-0.05, 0) is 42.7 Å². The minimum absolute atomic E-state index is 0.159. The SMILES string of the molecule is OC1CCCCCC1NCc1ccc(C2CC2)cc1. The van der Waals surface area contributed by atoms with Crippen molar-refractivity contribution in [1.29, 1.82) is 0 Å². The van der Waals surface area contributed by atoms with E-state index in [0.29, 0.717) is 0 Å². The molecule has 2 heteroatoms. The predicted octanol–water partition coefficient (Wildman–Crippen LogP) is 3.35. The minimum Gasteiger partial charge on any atom is -0.392 e. The molecule has 0 aromatic heterocycles. The maximum Gasteiger partial charge on any atom is 0.0693 e. The Bertz CT molecular complexity index is 396. The highest BCUT2D eigenvalue weighted by Gasteiger charge is 2.23. The van der Waals surface area contributed by atoms with Gasteiger partial charge >= 0.3 is 0 Å². The van der Waals surface area contributed by atoms with Gasteiger partial charge < -0.3 is 10.4 Å². The van der Waals surface area contributed by atoms with Gasteiger partial charge in [-0.2, -0.15) is 0 Å². The summed E-state index contributed by atoms with van der Waals surface area (Å²) in [4.78, 5) is 0. The summed E-state index contributed by atoms with van der Waals surface area (Å²) in [5.41, 5.74) is 2.83. The zero-order chi connectivity index (χ0) is 13.1. The van der Waals surface area contributed by atoms with E-state index in [9.17, 15) is 5.11 Å². The molecule has 0 saturated heterocycles. The van der Waals surface area contributed by atoms with Crippen molar-refractivity contribution in [1.82, 2.24) is 5.32 Å². The van der Waals surface area contributed by atoms with Crippen LogP contribution >= 0.6 is 0 Å². The molecule has 1 aromatic carbocycles. The van der Waals surface area contributed by atoms with Crippen molar-refractivity contribution in [2.45, 2.75) is 69.6 Å². The standard InChI is InChI=1S/C17H25NO/c19-17-5-3-1-2-4-16(17)18-12-13-6-8-14(9-7-13)15-10-11-15/h6-9,15-19H,1-5,10-12H2. The number of rotatable bonds is 4. The second-order valence-corrected chi connectivity index (χ2v) is 6.21. The normalized spacial score (nSPS) is 28.1. The fourth-order valence-electron chi connectivity index (χ4n) is 3.10. The van der Waals surface area contributed by atoms with E-state index in [1.54, 1.807) is 0 Å². The molecule has 19 heavy (non-hydrogen) atoms. The maximum absolute atomic E-state index is 10.1. The monoisotopic (exact) mass is 259 g/mol. The van der Waals surface area contributed by atoms with Crippen LogP contribution in [0.25, 0.3) is 0 Å². The first-order valence-electron chi connectivity index (χ1n) is 7.83. The van der Waals surface area contributed by atoms with Gasteiger partial charge in [0, 0.05) is 12.6 Å². The van der Waals surface area contributed by atoms with Gasteiger partial charge in [0.1, 0.15) is 0 Å². The molecule has 0 amide bonds. The summed E-state index contributed by atoms with van der Waals surface area (Å²) in [5.74, 6) is 0.839. The Morgan fingerprint density at radius 2 is 1.68 bits per heavy atom. The van der Waals surface area contributed by atoms with Gasteiger partial charge in [-0.3, -0.25) is 0 Å². The van der Waals surface area contributed by atoms with Crippen molar-refractivity contribution in [2.75, 3.05) is 0 Å².